The fraction of sp³-hybridized carbons (Fsp3) is 0.267. The van der Waals surface area contributed by atoms with Crippen molar-refractivity contribution in [2.75, 3.05) is 0 Å². The summed E-state index contributed by atoms with van der Waals surface area (Å²) < 4.78 is 5.17. The third-order valence-electron chi connectivity index (χ3n) is 3.31. The first-order valence-corrected chi connectivity index (χ1v) is 5.99. The second-order valence-electron chi connectivity index (χ2n) is 5.00. The van der Waals surface area contributed by atoms with Gasteiger partial charge in [0, 0.05) is 5.41 Å². The summed E-state index contributed by atoms with van der Waals surface area (Å²) in [6.07, 6.45) is -0.914. The Balaban J connectivity index is 2.32. The third-order valence-corrected chi connectivity index (χ3v) is 3.31. The Labute approximate surface area is 111 Å². The lowest BCUT2D eigenvalue weighted by atomic mass is 9.78. The van der Waals surface area contributed by atoms with E-state index < -0.39 is 17.5 Å². The number of benzene rings is 1. The summed E-state index contributed by atoms with van der Waals surface area (Å²) in [4.78, 5) is 10.8. The monoisotopic (exact) mass is 260 g/mol. The van der Waals surface area contributed by atoms with E-state index in [4.69, 9.17) is 9.52 Å². The first kappa shape index (κ1) is 13.4. The van der Waals surface area contributed by atoms with Crippen LogP contribution in [0, 0.1) is 0 Å². The molecule has 2 rings (SSSR count). The van der Waals surface area contributed by atoms with Crippen molar-refractivity contribution in [2.45, 2.75) is 25.4 Å². The first-order valence-electron chi connectivity index (χ1n) is 5.99. The van der Waals surface area contributed by atoms with Gasteiger partial charge in [0.25, 0.3) is 0 Å². The molecule has 1 unspecified atom stereocenters. The maximum absolute atomic E-state index is 10.8. The van der Waals surface area contributed by atoms with Gasteiger partial charge in [-0.3, -0.25) is 0 Å². The Hall–Kier alpha value is -2.07. The summed E-state index contributed by atoms with van der Waals surface area (Å²) in [6.45, 7) is 3.77. The fourth-order valence-electron chi connectivity index (χ4n) is 2.00. The second kappa shape index (κ2) is 4.90. The SMILES string of the molecule is CC(C)(c1ccccc1)C(O)c1ccc(C(=O)O)o1. The molecule has 1 heterocycles. The van der Waals surface area contributed by atoms with Crippen LogP contribution in [0.5, 0.6) is 0 Å². The third kappa shape index (κ3) is 2.53. The van der Waals surface area contributed by atoms with Crippen LogP contribution in [-0.4, -0.2) is 16.2 Å². The molecular formula is C15H16O4. The highest BCUT2D eigenvalue weighted by Gasteiger charge is 2.33. The molecule has 0 aliphatic heterocycles. The van der Waals surface area contributed by atoms with Crippen molar-refractivity contribution < 1.29 is 19.4 Å². The highest BCUT2D eigenvalue weighted by molar-refractivity contribution is 5.84. The molecule has 100 valence electrons. The molecule has 0 aliphatic rings. The molecule has 2 aromatic rings. The van der Waals surface area contributed by atoms with E-state index >= 15 is 0 Å². The van der Waals surface area contributed by atoms with E-state index in [1.807, 2.05) is 44.2 Å². The zero-order valence-corrected chi connectivity index (χ0v) is 10.8. The van der Waals surface area contributed by atoms with E-state index in [-0.39, 0.29) is 11.5 Å². The largest absolute Gasteiger partial charge is 0.475 e. The molecule has 4 heteroatoms. The van der Waals surface area contributed by atoms with Gasteiger partial charge in [-0.15, -0.1) is 0 Å². The minimum atomic E-state index is -1.14. The summed E-state index contributed by atoms with van der Waals surface area (Å²) >= 11 is 0. The molecule has 0 fully saturated rings. The quantitative estimate of drug-likeness (QED) is 0.886. The van der Waals surface area contributed by atoms with Crippen molar-refractivity contribution >= 4 is 5.97 Å². The molecule has 0 saturated carbocycles. The van der Waals surface area contributed by atoms with Gasteiger partial charge in [0.15, 0.2) is 0 Å². The molecule has 4 nitrogen and oxygen atoms in total. The number of furan rings is 1. The van der Waals surface area contributed by atoms with Crippen molar-refractivity contribution in [3.63, 3.8) is 0 Å². The first-order chi connectivity index (χ1) is 8.93. The molecule has 2 N–H and O–H groups in total. The summed E-state index contributed by atoms with van der Waals surface area (Å²) in [5, 5.41) is 19.2. The topological polar surface area (TPSA) is 70.7 Å². The number of rotatable bonds is 4. The standard InChI is InChI=1S/C15H16O4/c1-15(2,10-6-4-3-5-7-10)13(16)11-8-9-12(19-11)14(17)18/h3-9,13,16H,1-2H3,(H,17,18). The number of aliphatic hydroxyl groups is 1. The molecule has 1 aromatic heterocycles. The Morgan fingerprint density at radius 1 is 1.16 bits per heavy atom. The van der Waals surface area contributed by atoms with Crippen molar-refractivity contribution in [3.8, 4) is 0 Å². The highest BCUT2D eigenvalue weighted by Crippen LogP contribution is 2.37. The summed E-state index contributed by atoms with van der Waals surface area (Å²) in [5.41, 5.74) is 0.380. The van der Waals surface area contributed by atoms with Gasteiger partial charge in [-0.1, -0.05) is 44.2 Å². The molecule has 0 aliphatic carbocycles. The predicted molar refractivity (Wildman–Crippen MR) is 70.1 cm³/mol. The van der Waals surface area contributed by atoms with Gasteiger partial charge in [-0.2, -0.15) is 0 Å². The number of aliphatic hydroxyl groups excluding tert-OH is 1. The fourth-order valence-corrected chi connectivity index (χ4v) is 2.00. The van der Waals surface area contributed by atoms with Crippen LogP contribution in [0.25, 0.3) is 0 Å². The van der Waals surface area contributed by atoms with Crippen LogP contribution in [0.3, 0.4) is 0 Å². The normalized spacial score (nSPS) is 13.2. The predicted octanol–water partition coefficient (Wildman–Crippen LogP) is 2.99. The highest BCUT2D eigenvalue weighted by atomic mass is 16.4. The molecule has 0 saturated heterocycles. The second-order valence-corrected chi connectivity index (χ2v) is 5.00. The zero-order valence-electron chi connectivity index (χ0n) is 10.8. The lowest BCUT2D eigenvalue weighted by Crippen LogP contribution is -2.26. The van der Waals surface area contributed by atoms with Crippen molar-refractivity contribution in [1.29, 1.82) is 0 Å². The molecule has 0 amide bonds. The van der Waals surface area contributed by atoms with Crippen LogP contribution in [-0.2, 0) is 5.41 Å². The molecular weight excluding hydrogens is 244 g/mol. The molecule has 1 aromatic carbocycles. The van der Waals surface area contributed by atoms with Crippen LogP contribution < -0.4 is 0 Å². The smallest absolute Gasteiger partial charge is 0.371 e. The van der Waals surface area contributed by atoms with E-state index in [1.165, 1.54) is 12.1 Å². The van der Waals surface area contributed by atoms with Gasteiger partial charge in [0.1, 0.15) is 11.9 Å². The van der Waals surface area contributed by atoms with Gasteiger partial charge in [-0.05, 0) is 17.7 Å². The van der Waals surface area contributed by atoms with Gasteiger partial charge < -0.3 is 14.6 Å². The van der Waals surface area contributed by atoms with Crippen LogP contribution >= 0.6 is 0 Å². The molecule has 19 heavy (non-hydrogen) atoms. The van der Waals surface area contributed by atoms with Crippen LogP contribution in [0.2, 0.25) is 0 Å². The van der Waals surface area contributed by atoms with E-state index in [9.17, 15) is 9.90 Å². The van der Waals surface area contributed by atoms with Crippen molar-refractivity contribution in [3.05, 3.63) is 59.5 Å². The van der Waals surface area contributed by atoms with Gasteiger partial charge in [0.2, 0.25) is 5.76 Å². The number of carboxylic acid groups (broad SMARTS) is 1. The van der Waals surface area contributed by atoms with Gasteiger partial charge in [-0.25, -0.2) is 4.79 Å². The lowest BCUT2D eigenvalue weighted by Gasteiger charge is -2.29. The van der Waals surface area contributed by atoms with Crippen LogP contribution in [0.4, 0.5) is 0 Å². The van der Waals surface area contributed by atoms with E-state index in [0.29, 0.717) is 0 Å². The van der Waals surface area contributed by atoms with Crippen molar-refractivity contribution in [1.82, 2.24) is 0 Å². The van der Waals surface area contributed by atoms with Crippen LogP contribution in [0.15, 0.2) is 46.9 Å². The van der Waals surface area contributed by atoms with Gasteiger partial charge in [0.05, 0.1) is 0 Å². The van der Waals surface area contributed by atoms with Gasteiger partial charge >= 0.3 is 5.97 Å². The molecule has 0 radical (unpaired) electrons. The summed E-state index contributed by atoms with van der Waals surface area (Å²) in [7, 11) is 0. The Morgan fingerprint density at radius 2 is 1.79 bits per heavy atom. The minimum Gasteiger partial charge on any atom is -0.475 e. The number of hydrogen-bond acceptors (Lipinski definition) is 3. The minimum absolute atomic E-state index is 0.169. The van der Waals surface area contributed by atoms with Crippen molar-refractivity contribution in [2.24, 2.45) is 0 Å². The number of aromatic carboxylic acids is 1. The number of hydrogen-bond donors (Lipinski definition) is 2. The molecule has 0 bridgehead atoms. The summed E-state index contributed by atoms with van der Waals surface area (Å²) in [5.74, 6) is -1.06. The zero-order chi connectivity index (χ0) is 14.0. The van der Waals surface area contributed by atoms with E-state index in [1.54, 1.807) is 0 Å². The average molecular weight is 260 g/mol. The number of carboxylic acids is 1. The maximum Gasteiger partial charge on any atom is 0.371 e. The molecule has 0 spiro atoms. The Bertz CT molecular complexity index is 569. The van der Waals surface area contributed by atoms with Crippen LogP contribution in [0.1, 0.15) is 41.8 Å². The Kier molecular flexibility index (Phi) is 3.44. The number of carbonyl (C=O) groups is 1. The Morgan fingerprint density at radius 3 is 2.32 bits per heavy atom. The van der Waals surface area contributed by atoms with E-state index in [0.717, 1.165) is 5.56 Å². The maximum atomic E-state index is 10.8. The van der Waals surface area contributed by atoms with E-state index in [2.05, 4.69) is 0 Å². The average Bonchev–Trinajstić information content (AvgIpc) is 2.88. The molecule has 1 atom stereocenters. The lowest BCUT2D eigenvalue weighted by molar-refractivity contribution is 0.0609. The summed E-state index contributed by atoms with van der Waals surface area (Å²) in [6, 6.07) is 12.4.